The van der Waals surface area contributed by atoms with Crippen LogP contribution >= 0.6 is 0 Å². The van der Waals surface area contributed by atoms with E-state index in [-0.39, 0.29) is 11.9 Å². The van der Waals surface area contributed by atoms with E-state index in [1.54, 1.807) is 18.2 Å². The number of hydrogen-bond donors (Lipinski definition) is 2. The molecule has 7 nitrogen and oxygen atoms in total. The van der Waals surface area contributed by atoms with Gasteiger partial charge in [-0.3, -0.25) is 4.72 Å². The van der Waals surface area contributed by atoms with Crippen molar-refractivity contribution in [2.45, 2.75) is 18.9 Å². The first-order valence-corrected chi connectivity index (χ1v) is 7.75. The molecule has 0 aromatic heterocycles. The fraction of sp³-hybridized carbons (Fsp3) is 0.417. The van der Waals surface area contributed by atoms with Crippen LogP contribution in [0.25, 0.3) is 0 Å². The van der Waals surface area contributed by atoms with Gasteiger partial charge in [-0.15, -0.1) is 4.40 Å². The second-order valence-corrected chi connectivity index (χ2v) is 6.03. The Hall–Kier alpha value is -1.80. The molecular weight excluding hydrogens is 282 g/mol. The summed E-state index contributed by atoms with van der Waals surface area (Å²) in [5.41, 5.74) is 6.61. The standard InChI is InChI=1S/C12H15N3O4S/c13-12-11-9(14-20(16,17)15-12)4-1-5-10(11)19-8-3-2-6-18-7-8/h1,4-5,8,14H,2-3,6-7H2,(H2,13,15)/t8-/m1/s1. The highest BCUT2D eigenvalue weighted by molar-refractivity contribution is 7.91. The molecule has 2 aliphatic rings. The molecule has 1 saturated heterocycles. The zero-order valence-corrected chi connectivity index (χ0v) is 11.5. The maximum absolute atomic E-state index is 11.5. The van der Waals surface area contributed by atoms with E-state index in [4.69, 9.17) is 15.2 Å². The third-order valence-corrected chi connectivity index (χ3v) is 4.07. The highest BCUT2D eigenvalue weighted by atomic mass is 32.2. The number of hydrogen-bond acceptors (Lipinski definition) is 5. The van der Waals surface area contributed by atoms with Crippen molar-refractivity contribution in [2.75, 3.05) is 17.9 Å². The molecule has 20 heavy (non-hydrogen) atoms. The Kier molecular flexibility index (Phi) is 3.27. The van der Waals surface area contributed by atoms with E-state index in [1.807, 2.05) is 0 Å². The van der Waals surface area contributed by atoms with Gasteiger partial charge in [0.15, 0.2) is 5.84 Å². The molecule has 1 atom stereocenters. The van der Waals surface area contributed by atoms with Crippen molar-refractivity contribution in [3.8, 4) is 5.75 Å². The second-order valence-electron chi connectivity index (χ2n) is 4.69. The number of nitrogens with two attached hydrogens (primary N) is 1. The summed E-state index contributed by atoms with van der Waals surface area (Å²) in [6, 6.07) is 5.08. The van der Waals surface area contributed by atoms with Gasteiger partial charge in [0.1, 0.15) is 11.9 Å². The molecule has 1 aromatic rings. The minimum Gasteiger partial charge on any atom is -0.487 e. The van der Waals surface area contributed by atoms with Crippen molar-refractivity contribution >= 4 is 21.7 Å². The lowest BCUT2D eigenvalue weighted by Crippen LogP contribution is -2.31. The molecule has 0 bridgehead atoms. The van der Waals surface area contributed by atoms with Gasteiger partial charge in [0, 0.05) is 6.61 Å². The van der Waals surface area contributed by atoms with Gasteiger partial charge in [-0.05, 0) is 25.0 Å². The summed E-state index contributed by atoms with van der Waals surface area (Å²) in [4.78, 5) is 0. The molecule has 0 saturated carbocycles. The van der Waals surface area contributed by atoms with Crippen molar-refractivity contribution in [2.24, 2.45) is 10.1 Å². The first-order valence-electron chi connectivity index (χ1n) is 6.31. The van der Waals surface area contributed by atoms with Crippen LogP contribution in [0.15, 0.2) is 22.6 Å². The first-order chi connectivity index (χ1) is 9.55. The summed E-state index contributed by atoms with van der Waals surface area (Å²) in [7, 11) is -3.76. The van der Waals surface area contributed by atoms with Crippen molar-refractivity contribution in [3.63, 3.8) is 0 Å². The topological polar surface area (TPSA) is 103 Å². The average Bonchev–Trinajstić information content (AvgIpc) is 2.38. The molecule has 0 spiro atoms. The maximum Gasteiger partial charge on any atom is 0.344 e. The Balaban J connectivity index is 1.94. The number of rotatable bonds is 2. The predicted octanol–water partition coefficient (Wildman–Crippen LogP) is 0.620. The van der Waals surface area contributed by atoms with Crippen LogP contribution in [0.4, 0.5) is 5.69 Å². The smallest absolute Gasteiger partial charge is 0.344 e. The molecule has 2 aliphatic heterocycles. The molecule has 0 unspecified atom stereocenters. The molecule has 2 heterocycles. The zero-order chi connectivity index (χ0) is 14.2. The highest BCUT2D eigenvalue weighted by Gasteiger charge is 2.26. The Morgan fingerprint density at radius 2 is 2.30 bits per heavy atom. The molecule has 0 radical (unpaired) electrons. The molecule has 0 aliphatic carbocycles. The van der Waals surface area contributed by atoms with Crippen molar-refractivity contribution < 1.29 is 17.9 Å². The van der Waals surface area contributed by atoms with E-state index in [2.05, 4.69) is 9.12 Å². The van der Waals surface area contributed by atoms with E-state index in [9.17, 15) is 8.42 Å². The van der Waals surface area contributed by atoms with Crippen molar-refractivity contribution in [3.05, 3.63) is 23.8 Å². The minimum atomic E-state index is -3.76. The Bertz CT molecular complexity index is 651. The molecular formula is C12H15N3O4S. The van der Waals surface area contributed by atoms with Gasteiger partial charge in [0.2, 0.25) is 0 Å². The molecule has 1 fully saturated rings. The third kappa shape index (κ3) is 2.56. The zero-order valence-electron chi connectivity index (χ0n) is 10.7. The molecule has 108 valence electrons. The molecule has 3 N–H and O–H groups in total. The van der Waals surface area contributed by atoms with Crippen molar-refractivity contribution in [1.29, 1.82) is 0 Å². The SMILES string of the molecule is NC1=NS(=O)(=O)Nc2cccc(O[C@@H]3CCCOC3)c21. The monoisotopic (exact) mass is 297 g/mol. The lowest BCUT2D eigenvalue weighted by atomic mass is 10.1. The van der Waals surface area contributed by atoms with Gasteiger partial charge >= 0.3 is 10.2 Å². The quantitative estimate of drug-likeness (QED) is 0.833. The fourth-order valence-electron chi connectivity index (χ4n) is 2.30. The summed E-state index contributed by atoms with van der Waals surface area (Å²) in [5.74, 6) is 0.452. The van der Waals surface area contributed by atoms with Gasteiger partial charge in [-0.2, -0.15) is 8.42 Å². The number of nitrogens with zero attached hydrogens (tertiary/aromatic N) is 1. The Morgan fingerprint density at radius 3 is 3.05 bits per heavy atom. The lowest BCUT2D eigenvalue weighted by Gasteiger charge is -2.26. The predicted molar refractivity (Wildman–Crippen MR) is 74.2 cm³/mol. The van der Waals surface area contributed by atoms with Gasteiger partial charge in [0.25, 0.3) is 0 Å². The van der Waals surface area contributed by atoms with Gasteiger partial charge in [-0.1, -0.05) is 6.07 Å². The Labute approximate surface area is 117 Å². The number of ether oxygens (including phenoxy) is 2. The minimum absolute atomic E-state index is 0.0541. The fourth-order valence-corrected chi connectivity index (χ4v) is 3.14. The van der Waals surface area contributed by atoms with E-state index in [1.165, 1.54) is 0 Å². The summed E-state index contributed by atoms with van der Waals surface area (Å²) in [5, 5.41) is 0. The normalized spacial score (nSPS) is 24.2. The molecule has 0 amide bonds. The van der Waals surface area contributed by atoms with Gasteiger partial charge in [-0.25, -0.2) is 0 Å². The second kappa shape index (κ2) is 4.95. The van der Waals surface area contributed by atoms with Crippen LogP contribution in [-0.4, -0.2) is 33.6 Å². The number of fused-ring (bicyclic) bond motifs is 1. The van der Waals surface area contributed by atoms with Crippen LogP contribution in [-0.2, 0) is 14.9 Å². The van der Waals surface area contributed by atoms with Gasteiger partial charge in [0.05, 0.1) is 17.9 Å². The van der Waals surface area contributed by atoms with Crippen LogP contribution < -0.4 is 15.2 Å². The van der Waals surface area contributed by atoms with Crippen LogP contribution in [0, 0.1) is 0 Å². The molecule has 8 heteroatoms. The van der Waals surface area contributed by atoms with E-state index in [0.717, 1.165) is 19.4 Å². The summed E-state index contributed by atoms with van der Waals surface area (Å²) < 4.78 is 40.0. The molecule has 1 aromatic carbocycles. The average molecular weight is 297 g/mol. The largest absolute Gasteiger partial charge is 0.487 e. The summed E-state index contributed by atoms with van der Waals surface area (Å²) in [6.07, 6.45) is 1.78. The number of amidine groups is 1. The van der Waals surface area contributed by atoms with Gasteiger partial charge < -0.3 is 15.2 Å². The van der Waals surface area contributed by atoms with Crippen molar-refractivity contribution in [1.82, 2.24) is 0 Å². The van der Waals surface area contributed by atoms with Crippen LogP contribution in [0.1, 0.15) is 18.4 Å². The first kappa shape index (κ1) is 13.2. The highest BCUT2D eigenvalue weighted by Crippen LogP contribution is 2.31. The number of benzene rings is 1. The third-order valence-electron chi connectivity index (χ3n) is 3.15. The van der Waals surface area contributed by atoms with E-state index >= 15 is 0 Å². The number of nitrogens with one attached hydrogen (secondary N) is 1. The van der Waals surface area contributed by atoms with Crippen LogP contribution in [0.5, 0.6) is 5.75 Å². The van der Waals surface area contributed by atoms with E-state index in [0.29, 0.717) is 23.6 Å². The molecule has 3 rings (SSSR count). The lowest BCUT2D eigenvalue weighted by molar-refractivity contribution is 0.00738. The maximum atomic E-state index is 11.5. The number of anilines is 1. The van der Waals surface area contributed by atoms with Crippen LogP contribution in [0.2, 0.25) is 0 Å². The summed E-state index contributed by atoms with van der Waals surface area (Å²) >= 11 is 0. The Morgan fingerprint density at radius 1 is 1.45 bits per heavy atom. The van der Waals surface area contributed by atoms with Crippen LogP contribution in [0.3, 0.4) is 0 Å². The van der Waals surface area contributed by atoms with E-state index < -0.39 is 10.2 Å². The summed E-state index contributed by atoms with van der Waals surface area (Å²) in [6.45, 7) is 1.27.